The Morgan fingerprint density at radius 1 is 1.40 bits per heavy atom. The van der Waals surface area contributed by atoms with Crippen molar-refractivity contribution in [2.24, 2.45) is 0 Å². The average Bonchev–Trinajstić information content (AvgIpc) is 3.01. The van der Waals surface area contributed by atoms with Crippen LogP contribution in [0, 0.1) is 6.92 Å². The molecule has 2 unspecified atom stereocenters. The molecule has 0 spiro atoms. The second-order valence-electron chi connectivity index (χ2n) is 6.57. The zero-order chi connectivity index (χ0) is 17.8. The Hall–Kier alpha value is -2.25. The molecular formula is C18H24N4O3. The molecule has 1 fully saturated rings. The molecule has 1 aliphatic heterocycles. The molecule has 0 saturated carbocycles. The van der Waals surface area contributed by atoms with E-state index < -0.39 is 5.97 Å². The summed E-state index contributed by atoms with van der Waals surface area (Å²) in [5.74, 6) is -0.917. The van der Waals surface area contributed by atoms with Crippen molar-refractivity contribution in [1.82, 2.24) is 19.9 Å². The summed E-state index contributed by atoms with van der Waals surface area (Å²) in [5, 5.41) is 16.7. The SMILES string of the molecule is Cc1ccccc1C1CN(CCc2cn(CC(=O)O)nn2)C(C)CO1. The van der Waals surface area contributed by atoms with E-state index in [-0.39, 0.29) is 12.6 Å². The van der Waals surface area contributed by atoms with Crippen LogP contribution in [0.25, 0.3) is 0 Å². The molecule has 1 aromatic carbocycles. The number of hydrogen-bond donors (Lipinski definition) is 1. The third-order valence-corrected chi connectivity index (χ3v) is 4.64. The van der Waals surface area contributed by atoms with E-state index in [0.717, 1.165) is 25.2 Å². The van der Waals surface area contributed by atoms with Crippen LogP contribution in [0.5, 0.6) is 0 Å². The van der Waals surface area contributed by atoms with Crippen LogP contribution in [0.2, 0.25) is 0 Å². The van der Waals surface area contributed by atoms with Crippen molar-refractivity contribution in [2.75, 3.05) is 19.7 Å². The van der Waals surface area contributed by atoms with E-state index in [9.17, 15) is 4.79 Å². The van der Waals surface area contributed by atoms with Crippen molar-refractivity contribution in [3.63, 3.8) is 0 Å². The normalized spacial score (nSPS) is 21.4. The van der Waals surface area contributed by atoms with Gasteiger partial charge in [-0.3, -0.25) is 9.69 Å². The van der Waals surface area contributed by atoms with Crippen LogP contribution in [0.3, 0.4) is 0 Å². The van der Waals surface area contributed by atoms with Gasteiger partial charge in [-0.25, -0.2) is 4.68 Å². The van der Waals surface area contributed by atoms with Crippen molar-refractivity contribution in [3.8, 4) is 0 Å². The highest BCUT2D eigenvalue weighted by Crippen LogP contribution is 2.27. The molecule has 2 heterocycles. The number of carbonyl (C=O) groups is 1. The van der Waals surface area contributed by atoms with E-state index in [1.165, 1.54) is 15.8 Å². The number of hydrogen-bond acceptors (Lipinski definition) is 5. The van der Waals surface area contributed by atoms with E-state index in [4.69, 9.17) is 9.84 Å². The van der Waals surface area contributed by atoms with Crippen LogP contribution >= 0.6 is 0 Å². The summed E-state index contributed by atoms with van der Waals surface area (Å²) in [7, 11) is 0. The van der Waals surface area contributed by atoms with E-state index in [1.807, 2.05) is 6.07 Å². The van der Waals surface area contributed by atoms with Gasteiger partial charge in [0, 0.05) is 31.7 Å². The van der Waals surface area contributed by atoms with E-state index in [2.05, 4.69) is 47.3 Å². The fraction of sp³-hybridized carbons (Fsp3) is 0.500. The van der Waals surface area contributed by atoms with Crippen molar-refractivity contribution in [1.29, 1.82) is 0 Å². The van der Waals surface area contributed by atoms with Crippen molar-refractivity contribution >= 4 is 5.97 Å². The Morgan fingerprint density at radius 3 is 2.96 bits per heavy atom. The van der Waals surface area contributed by atoms with E-state index in [1.54, 1.807) is 6.20 Å². The molecule has 0 amide bonds. The molecule has 1 saturated heterocycles. The highest BCUT2D eigenvalue weighted by molar-refractivity contribution is 5.66. The lowest BCUT2D eigenvalue weighted by Crippen LogP contribution is -2.46. The van der Waals surface area contributed by atoms with Gasteiger partial charge in [-0.05, 0) is 25.0 Å². The lowest BCUT2D eigenvalue weighted by molar-refractivity contribution is -0.137. The lowest BCUT2D eigenvalue weighted by Gasteiger charge is -2.38. The molecule has 3 rings (SSSR count). The number of morpholine rings is 1. The van der Waals surface area contributed by atoms with Crippen LogP contribution < -0.4 is 0 Å². The first-order valence-corrected chi connectivity index (χ1v) is 8.55. The molecule has 7 heteroatoms. The minimum atomic E-state index is -0.917. The van der Waals surface area contributed by atoms with Gasteiger partial charge in [0.15, 0.2) is 0 Å². The summed E-state index contributed by atoms with van der Waals surface area (Å²) < 4.78 is 7.41. The van der Waals surface area contributed by atoms with Gasteiger partial charge in [-0.2, -0.15) is 0 Å². The number of ether oxygens (including phenoxy) is 1. The zero-order valence-corrected chi connectivity index (χ0v) is 14.6. The molecule has 0 aliphatic carbocycles. The predicted octanol–water partition coefficient (Wildman–Crippen LogP) is 1.68. The number of aliphatic carboxylic acids is 1. The number of aryl methyl sites for hydroxylation is 1. The average molecular weight is 344 g/mol. The highest BCUT2D eigenvalue weighted by Gasteiger charge is 2.27. The third kappa shape index (κ3) is 4.43. The van der Waals surface area contributed by atoms with Gasteiger partial charge in [0.1, 0.15) is 6.54 Å². The third-order valence-electron chi connectivity index (χ3n) is 4.64. The molecule has 0 radical (unpaired) electrons. The number of carboxylic acids is 1. The fourth-order valence-electron chi connectivity index (χ4n) is 3.18. The second kappa shape index (κ2) is 7.76. The number of benzene rings is 1. The van der Waals surface area contributed by atoms with Crippen LogP contribution in [-0.2, 0) is 22.5 Å². The standard InChI is InChI=1S/C18H24N4O3/c1-13-5-3-4-6-16(13)17-10-21(14(2)12-25-17)8-7-15-9-22(20-19-15)11-18(23)24/h3-6,9,14,17H,7-8,10-12H2,1-2H3,(H,23,24). The molecule has 2 atom stereocenters. The van der Waals surface area contributed by atoms with Gasteiger partial charge >= 0.3 is 5.97 Å². The summed E-state index contributed by atoms with van der Waals surface area (Å²) in [6.45, 7) is 6.51. The first-order chi connectivity index (χ1) is 12.0. The van der Waals surface area contributed by atoms with E-state index >= 15 is 0 Å². The van der Waals surface area contributed by atoms with Crippen LogP contribution in [0.4, 0.5) is 0 Å². The highest BCUT2D eigenvalue weighted by atomic mass is 16.5. The van der Waals surface area contributed by atoms with Crippen LogP contribution in [0.15, 0.2) is 30.5 Å². The van der Waals surface area contributed by atoms with Crippen LogP contribution in [-0.4, -0.2) is 56.7 Å². The Labute approximate surface area is 147 Å². The topological polar surface area (TPSA) is 80.5 Å². The maximum atomic E-state index is 10.7. The van der Waals surface area contributed by atoms with E-state index in [0.29, 0.717) is 12.6 Å². The fourth-order valence-corrected chi connectivity index (χ4v) is 3.18. The largest absolute Gasteiger partial charge is 0.480 e. The lowest BCUT2D eigenvalue weighted by atomic mass is 10.0. The molecule has 2 aromatic rings. The van der Waals surface area contributed by atoms with Gasteiger partial charge in [-0.1, -0.05) is 29.5 Å². The Bertz CT molecular complexity index is 731. The summed E-state index contributed by atoms with van der Waals surface area (Å²) in [4.78, 5) is 13.1. The second-order valence-corrected chi connectivity index (χ2v) is 6.57. The number of rotatable bonds is 6. The van der Waals surface area contributed by atoms with Crippen LogP contribution in [0.1, 0.15) is 29.8 Å². The smallest absolute Gasteiger partial charge is 0.325 e. The molecule has 25 heavy (non-hydrogen) atoms. The quantitative estimate of drug-likeness (QED) is 0.859. The summed E-state index contributed by atoms with van der Waals surface area (Å²) in [6, 6.07) is 8.68. The van der Waals surface area contributed by atoms with Gasteiger partial charge in [0.25, 0.3) is 0 Å². The van der Waals surface area contributed by atoms with Gasteiger partial charge in [0.2, 0.25) is 0 Å². The summed E-state index contributed by atoms with van der Waals surface area (Å²) in [6.07, 6.45) is 2.53. The minimum absolute atomic E-state index is 0.0834. The molecule has 1 aromatic heterocycles. The van der Waals surface area contributed by atoms with Crippen molar-refractivity contribution in [2.45, 2.75) is 39.0 Å². The maximum Gasteiger partial charge on any atom is 0.325 e. The summed E-state index contributed by atoms with van der Waals surface area (Å²) in [5.41, 5.74) is 3.30. The first kappa shape index (κ1) is 17.6. The van der Waals surface area contributed by atoms with Gasteiger partial charge < -0.3 is 9.84 Å². The predicted molar refractivity (Wildman–Crippen MR) is 92.3 cm³/mol. The number of aromatic nitrogens is 3. The monoisotopic (exact) mass is 344 g/mol. The Morgan fingerprint density at radius 2 is 2.20 bits per heavy atom. The Kier molecular flexibility index (Phi) is 5.45. The zero-order valence-electron chi connectivity index (χ0n) is 14.6. The molecule has 134 valence electrons. The van der Waals surface area contributed by atoms with Crippen molar-refractivity contribution < 1.29 is 14.6 Å². The molecule has 1 N–H and O–H groups in total. The molecule has 7 nitrogen and oxygen atoms in total. The summed E-state index contributed by atoms with van der Waals surface area (Å²) >= 11 is 0. The molecule has 0 bridgehead atoms. The Balaban J connectivity index is 1.60. The van der Waals surface area contributed by atoms with Gasteiger partial charge in [0.05, 0.1) is 18.4 Å². The number of carboxylic acid groups (broad SMARTS) is 1. The number of nitrogens with zero attached hydrogens (tertiary/aromatic N) is 4. The molecule has 1 aliphatic rings. The van der Waals surface area contributed by atoms with Gasteiger partial charge in [-0.15, -0.1) is 5.10 Å². The first-order valence-electron chi connectivity index (χ1n) is 8.55. The minimum Gasteiger partial charge on any atom is -0.480 e. The molecular weight excluding hydrogens is 320 g/mol. The van der Waals surface area contributed by atoms with Crippen molar-refractivity contribution in [3.05, 3.63) is 47.3 Å². The maximum absolute atomic E-state index is 10.7.